The zero-order chi connectivity index (χ0) is 14.7. The molecule has 2 rings (SSSR count). The average molecular weight is 329 g/mol. The number of rotatable bonds is 5. The lowest BCUT2D eigenvalue weighted by Gasteiger charge is -2.13. The molecule has 1 atom stereocenters. The van der Waals surface area contributed by atoms with Gasteiger partial charge in [-0.3, -0.25) is 0 Å². The number of aryl methyl sites for hydroxylation is 2. The van der Waals surface area contributed by atoms with Crippen LogP contribution in [0.3, 0.4) is 0 Å². The van der Waals surface area contributed by atoms with Crippen LogP contribution in [0.5, 0.6) is 0 Å². The van der Waals surface area contributed by atoms with E-state index in [1.54, 1.807) is 17.4 Å². The summed E-state index contributed by atoms with van der Waals surface area (Å²) < 4.78 is 0. The second-order valence-electron chi connectivity index (χ2n) is 4.84. The normalized spacial score (nSPS) is 12.7. The molecule has 108 valence electrons. The summed E-state index contributed by atoms with van der Waals surface area (Å²) in [6.45, 7) is 7.17. The van der Waals surface area contributed by atoms with E-state index in [2.05, 4.69) is 24.1 Å². The van der Waals surface area contributed by atoms with Gasteiger partial charge in [-0.15, -0.1) is 11.3 Å². The largest absolute Gasteiger partial charge is 0.308 e. The van der Waals surface area contributed by atoms with Gasteiger partial charge in [-0.25, -0.2) is 4.98 Å². The lowest BCUT2D eigenvalue weighted by molar-refractivity contribution is 0.564. The minimum Gasteiger partial charge on any atom is -0.308 e. The van der Waals surface area contributed by atoms with Crippen LogP contribution in [0.25, 0.3) is 0 Å². The van der Waals surface area contributed by atoms with Crippen LogP contribution in [0.1, 0.15) is 34.1 Å². The molecule has 1 aromatic carbocycles. The Bertz CT molecular complexity index is 596. The fourth-order valence-corrected chi connectivity index (χ4v) is 3.61. The Labute approximate surface area is 134 Å². The van der Waals surface area contributed by atoms with E-state index in [9.17, 15) is 0 Å². The molecule has 0 radical (unpaired) electrons. The lowest BCUT2D eigenvalue weighted by atomic mass is 10.1. The first kappa shape index (κ1) is 15.8. The van der Waals surface area contributed by atoms with Crippen LogP contribution in [0.2, 0.25) is 10.0 Å². The second-order valence-corrected chi connectivity index (χ2v) is 7.09. The van der Waals surface area contributed by atoms with Crippen molar-refractivity contribution in [3.05, 3.63) is 49.4 Å². The van der Waals surface area contributed by atoms with E-state index in [4.69, 9.17) is 23.2 Å². The number of halogens is 2. The van der Waals surface area contributed by atoms with Crippen LogP contribution < -0.4 is 5.32 Å². The van der Waals surface area contributed by atoms with Gasteiger partial charge in [-0.1, -0.05) is 29.3 Å². The first-order valence-electron chi connectivity index (χ1n) is 6.58. The molecule has 1 aromatic heterocycles. The van der Waals surface area contributed by atoms with Gasteiger partial charge in [0.05, 0.1) is 10.7 Å². The summed E-state index contributed by atoms with van der Waals surface area (Å²) in [7, 11) is 0. The first-order valence-corrected chi connectivity index (χ1v) is 8.16. The van der Waals surface area contributed by atoms with Gasteiger partial charge >= 0.3 is 0 Å². The summed E-state index contributed by atoms with van der Waals surface area (Å²) in [5.41, 5.74) is 2.26. The summed E-state index contributed by atoms with van der Waals surface area (Å²) >= 11 is 13.8. The van der Waals surface area contributed by atoms with E-state index in [0.717, 1.165) is 34.3 Å². The third-order valence-electron chi connectivity index (χ3n) is 3.21. The van der Waals surface area contributed by atoms with Crippen LogP contribution in [-0.4, -0.2) is 11.5 Å². The third-order valence-corrected chi connectivity index (χ3v) is 4.70. The highest BCUT2D eigenvalue weighted by atomic mass is 35.5. The molecule has 20 heavy (non-hydrogen) atoms. The molecule has 2 nitrogen and oxygen atoms in total. The van der Waals surface area contributed by atoms with Crippen LogP contribution in [0, 0.1) is 13.8 Å². The highest BCUT2D eigenvalue weighted by Crippen LogP contribution is 2.23. The molecule has 5 heteroatoms. The van der Waals surface area contributed by atoms with Crippen molar-refractivity contribution in [2.75, 3.05) is 6.54 Å². The Morgan fingerprint density at radius 2 is 2.05 bits per heavy atom. The molecule has 0 fully saturated rings. The van der Waals surface area contributed by atoms with E-state index >= 15 is 0 Å². The van der Waals surface area contributed by atoms with E-state index in [0.29, 0.717) is 5.02 Å². The van der Waals surface area contributed by atoms with Gasteiger partial charge in [0.15, 0.2) is 0 Å². The van der Waals surface area contributed by atoms with Crippen molar-refractivity contribution in [3.63, 3.8) is 0 Å². The molecule has 0 spiro atoms. The molecule has 0 aliphatic heterocycles. The zero-order valence-electron chi connectivity index (χ0n) is 11.8. The molecule has 0 saturated heterocycles. The number of aromatic nitrogens is 1. The fourth-order valence-electron chi connectivity index (χ4n) is 2.19. The molecule has 0 aliphatic carbocycles. The second kappa shape index (κ2) is 6.90. The van der Waals surface area contributed by atoms with Crippen LogP contribution in [0.15, 0.2) is 18.2 Å². The standard InChI is InChI=1S/C15H18Cl2N2S/c1-9(15-10(2)20-11(3)19-15)18-7-6-12-4-5-13(16)8-14(12)17/h4-5,8-9,18H,6-7H2,1-3H3. The number of nitrogens with zero attached hydrogens (tertiary/aromatic N) is 1. The number of hydrogen-bond donors (Lipinski definition) is 1. The maximum absolute atomic E-state index is 6.17. The molecule has 2 aromatic rings. The van der Waals surface area contributed by atoms with Crippen LogP contribution >= 0.6 is 34.5 Å². The SMILES string of the molecule is Cc1nc(C(C)NCCc2ccc(Cl)cc2Cl)c(C)s1. The highest BCUT2D eigenvalue weighted by molar-refractivity contribution is 7.11. The van der Waals surface area contributed by atoms with Crippen molar-refractivity contribution in [1.82, 2.24) is 10.3 Å². The van der Waals surface area contributed by atoms with Gasteiger partial charge in [0.1, 0.15) is 0 Å². The first-order chi connectivity index (χ1) is 9.47. The Morgan fingerprint density at radius 3 is 2.65 bits per heavy atom. The quantitative estimate of drug-likeness (QED) is 0.838. The molecule has 1 unspecified atom stereocenters. The smallest absolute Gasteiger partial charge is 0.0900 e. The van der Waals surface area contributed by atoms with Crippen molar-refractivity contribution in [2.24, 2.45) is 0 Å². The number of thiazole rings is 1. The van der Waals surface area contributed by atoms with E-state index in [1.165, 1.54) is 4.88 Å². The van der Waals surface area contributed by atoms with E-state index < -0.39 is 0 Å². The Morgan fingerprint density at radius 1 is 1.30 bits per heavy atom. The van der Waals surface area contributed by atoms with Gasteiger partial charge in [-0.2, -0.15) is 0 Å². The van der Waals surface area contributed by atoms with Gasteiger partial charge in [0.2, 0.25) is 0 Å². The van der Waals surface area contributed by atoms with Crippen molar-refractivity contribution in [3.8, 4) is 0 Å². The van der Waals surface area contributed by atoms with Crippen LogP contribution in [-0.2, 0) is 6.42 Å². The molecule has 0 aliphatic rings. The van der Waals surface area contributed by atoms with Gasteiger partial charge in [-0.05, 0) is 51.4 Å². The summed E-state index contributed by atoms with van der Waals surface area (Å²) in [4.78, 5) is 5.86. The minimum absolute atomic E-state index is 0.256. The Hall–Kier alpha value is -0.610. The highest BCUT2D eigenvalue weighted by Gasteiger charge is 2.12. The number of nitrogens with one attached hydrogen (secondary N) is 1. The summed E-state index contributed by atoms with van der Waals surface area (Å²) in [6, 6.07) is 5.90. The third kappa shape index (κ3) is 3.95. The number of benzene rings is 1. The minimum atomic E-state index is 0.256. The maximum Gasteiger partial charge on any atom is 0.0900 e. The van der Waals surface area contributed by atoms with Crippen molar-refractivity contribution in [1.29, 1.82) is 0 Å². The topological polar surface area (TPSA) is 24.9 Å². The Kier molecular flexibility index (Phi) is 5.44. The summed E-state index contributed by atoms with van der Waals surface area (Å²) in [6.07, 6.45) is 0.877. The average Bonchev–Trinajstić information content (AvgIpc) is 2.71. The van der Waals surface area contributed by atoms with Crippen LogP contribution in [0.4, 0.5) is 0 Å². The summed E-state index contributed by atoms with van der Waals surface area (Å²) in [5.74, 6) is 0. The molecule has 0 amide bonds. The lowest BCUT2D eigenvalue weighted by Crippen LogP contribution is -2.22. The van der Waals surface area contributed by atoms with Crippen molar-refractivity contribution in [2.45, 2.75) is 33.2 Å². The van der Waals surface area contributed by atoms with Gasteiger partial charge < -0.3 is 5.32 Å². The van der Waals surface area contributed by atoms with E-state index in [1.807, 2.05) is 19.1 Å². The van der Waals surface area contributed by atoms with Crippen molar-refractivity contribution >= 4 is 34.5 Å². The predicted octanol–water partition coefficient (Wildman–Crippen LogP) is 4.96. The van der Waals surface area contributed by atoms with Gasteiger partial charge in [0, 0.05) is 21.0 Å². The summed E-state index contributed by atoms with van der Waals surface area (Å²) in [5, 5.41) is 6.02. The fraction of sp³-hybridized carbons (Fsp3) is 0.400. The molecule has 0 saturated carbocycles. The zero-order valence-corrected chi connectivity index (χ0v) is 14.2. The van der Waals surface area contributed by atoms with Gasteiger partial charge in [0.25, 0.3) is 0 Å². The molecular formula is C15H18Cl2N2S. The molecule has 1 heterocycles. The maximum atomic E-state index is 6.17. The van der Waals surface area contributed by atoms with E-state index in [-0.39, 0.29) is 6.04 Å². The Balaban J connectivity index is 1.91. The molecule has 0 bridgehead atoms. The predicted molar refractivity (Wildman–Crippen MR) is 88.2 cm³/mol. The molecule has 1 N–H and O–H groups in total. The number of hydrogen-bond acceptors (Lipinski definition) is 3. The van der Waals surface area contributed by atoms with Crippen molar-refractivity contribution < 1.29 is 0 Å². The monoisotopic (exact) mass is 328 g/mol. The molecular weight excluding hydrogens is 311 g/mol.